The van der Waals surface area contributed by atoms with Crippen molar-refractivity contribution in [2.24, 2.45) is 0 Å². The van der Waals surface area contributed by atoms with Gasteiger partial charge in [-0.05, 0) is 41.8 Å². The highest BCUT2D eigenvalue weighted by Crippen LogP contribution is 2.21. The SMILES string of the molecule is O=CCOc1ccc(C(=O)N2CCc3ccccc3C2)cc1. The maximum atomic E-state index is 12.6. The summed E-state index contributed by atoms with van der Waals surface area (Å²) in [6, 6.07) is 15.1. The van der Waals surface area contributed by atoms with Gasteiger partial charge in [0.25, 0.3) is 5.91 Å². The van der Waals surface area contributed by atoms with Crippen molar-refractivity contribution in [3.05, 3.63) is 65.2 Å². The van der Waals surface area contributed by atoms with Crippen LogP contribution in [-0.2, 0) is 17.8 Å². The van der Waals surface area contributed by atoms with Crippen molar-refractivity contribution in [1.82, 2.24) is 4.90 Å². The molecule has 22 heavy (non-hydrogen) atoms. The van der Waals surface area contributed by atoms with Gasteiger partial charge in [0, 0.05) is 18.7 Å². The maximum Gasteiger partial charge on any atom is 0.254 e. The lowest BCUT2D eigenvalue weighted by Gasteiger charge is -2.29. The predicted octanol–water partition coefficient (Wildman–Crippen LogP) is 2.46. The Kier molecular flexibility index (Phi) is 4.19. The number of carbonyl (C=O) groups is 2. The van der Waals surface area contributed by atoms with Crippen molar-refractivity contribution in [3.8, 4) is 5.75 Å². The molecule has 4 heteroatoms. The van der Waals surface area contributed by atoms with Crippen LogP contribution >= 0.6 is 0 Å². The zero-order valence-electron chi connectivity index (χ0n) is 12.2. The van der Waals surface area contributed by atoms with Crippen molar-refractivity contribution >= 4 is 12.2 Å². The monoisotopic (exact) mass is 295 g/mol. The Morgan fingerprint density at radius 1 is 1.09 bits per heavy atom. The summed E-state index contributed by atoms with van der Waals surface area (Å²) in [6.07, 6.45) is 1.59. The Labute approximate surface area is 129 Å². The molecule has 2 aromatic carbocycles. The molecule has 1 aliphatic heterocycles. The molecule has 3 rings (SSSR count). The molecule has 0 saturated heterocycles. The van der Waals surface area contributed by atoms with Gasteiger partial charge in [-0.25, -0.2) is 0 Å². The summed E-state index contributed by atoms with van der Waals surface area (Å²) < 4.78 is 5.19. The molecule has 2 aromatic rings. The minimum Gasteiger partial charge on any atom is -0.486 e. The first-order chi connectivity index (χ1) is 10.8. The fraction of sp³-hybridized carbons (Fsp3) is 0.222. The van der Waals surface area contributed by atoms with Crippen LogP contribution < -0.4 is 4.74 Å². The minimum absolute atomic E-state index is 0.0240. The summed E-state index contributed by atoms with van der Waals surface area (Å²) in [6.45, 7) is 1.41. The van der Waals surface area contributed by atoms with Crippen molar-refractivity contribution in [1.29, 1.82) is 0 Å². The molecule has 112 valence electrons. The van der Waals surface area contributed by atoms with Gasteiger partial charge in [-0.15, -0.1) is 0 Å². The zero-order chi connectivity index (χ0) is 15.4. The van der Waals surface area contributed by atoms with E-state index in [-0.39, 0.29) is 12.5 Å². The molecule has 0 atom stereocenters. The van der Waals surface area contributed by atoms with E-state index in [1.54, 1.807) is 24.3 Å². The first-order valence-corrected chi connectivity index (χ1v) is 7.30. The second kappa shape index (κ2) is 6.43. The van der Waals surface area contributed by atoms with E-state index in [2.05, 4.69) is 12.1 Å². The third kappa shape index (κ3) is 3.01. The molecule has 0 saturated carbocycles. The average Bonchev–Trinajstić information content (AvgIpc) is 2.59. The van der Waals surface area contributed by atoms with E-state index in [0.717, 1.165) is 13.0 Å². The molecule has 0 fully saturated rings. The molecule has 0 aromatic heterocycles. The van der Waals surface area contributed by atoms with Gasteiger partial charge in [0.2, 0.25) is 0 Å². The van der Waals surface area contributed by atoms with Crippen LogP contribution in [-0.4, -0.2) is 30.2 Å². The van der Waals surface area contributed by atoms with Gasteiger partial charge in [0.1, 0.15) is 12.4 Å². The Morgan fingerprint density at radius 2 is 1.82 bits per heavy atom. The third-order valence-corrected chi connectivity index (χ3v) is 3.84. The Morgan fingerprint density at radius 3 is 2.55 bits per heavy atom. The highest BCUT2D eigenvalue weighted by atomic mass is 16.5. The average molecular weight is 295 g/mol. The second-order valence-corrected chi connectivity index (χ2v) is 5.25. The summed E-state index contributed by atoms with van der Waals surface area (Å²) in [5.41, 5.74) is 3.18. The molecule has 0 spiro atoms. The van der Waals surface area contributed by atoms with Crippen LogP contribution in [0.5, 0.6) is 5.75 Å². The summed E-state index contributed by atoms with van der Waals surface area (Å²) in [5.74, 6) is 0.615. The molecule has 0 radical (unpaired) electrons. The molecule has 0 N–H and O–H groups in total. The topological polar surface area (TPSA) is 46.6 Å². The lowest BCUT2D eigenvalue weighted by Crippen LogP contribution is -2.35. The largest absolute Gasteiger partial charge is 0.486 e. The lowest BCUT2D eigenvalue weighted by atomic mass is 9.99. The Balaban J connectivity index is 1.70. The smallest absolute Gasteiger partial charge is 0.254 e. The standard InChI is InChI=1S/C18H17NO3/c20-11-12-22-17-7-5-15(6-8-17)18(21)19-10-9-14-3-1-2-4-16(14)13-19/h1-8,11H,9-10,12-13H2. The lowest BCUT2D eigenvalue weighted by molar-refractivity contribution is -0.109. The van der Waals surface area contributed by atoms with E-state index in [9.17, 15) is 9.59 Å². The van der Waals surface area contributed by atoms with E-state index in [0.29, 0.717) is 24.1 Å². The summed E-state index contributed by atoms with van der Waals surface area (Å²) in [4.78, 5) is 24.7. The number of carbonyl (C=O) groups excluding carboxylic acids is 2. The van der Waals surface area contributed by atoms with E-state index in [1.807, 2.05) is 17.0 Å². The number of nitrogens with zero attached hydrogens (tertiary/aromatic N) is 1. The molecule has 0 aliphatic carbocycles. The minimum atomic E-state index is 0.0240. The van der Waals surface area contributed by atoms with Gasteiger partial charge in [0.05, 0.1) is 0 Å². The van der Waals surface area contributed by atoms with Gasteiger partial charge in [-0.1, -0.05) is 24.3 Å². The molecule has 0 unspecified atom stereocenters. The van der Waals surface area contributed by atoms with Gasteiger partial charge >= 0.3 is 0 Å². The van der Waals surface area contributed by atoms with Crippen LogP contribution in [0.2, 0.25) is 0 Å². The molecule has 1 aliphatic rings. The fourth-order valence-corrected chi connectivity index (χ4v) is 2.68. The van der Waals surface area contributed by atoms with E-state index < -0.39 is 0 Å². The first kappa shape index (κ1) is 14.3. The van der Waals surface area contributed by atoms with E-state index in [4.69, 9.17) is 4.74 Å². The molecule has 1 heterocycles. The van der Waals surface area contributed by atoms with Crippen LogP contribution in [0.4, 0.5) is 0 Å². The number of benzene rings is 2. The summed E-state index contributed by atoms with van der Waals surface area (Å²) >= 11 is 0. The number of hydrogen-bond acceptors (Lipinski definition) is 3. The highest BCUT2D eigenvalue weighted by Gasteiger charge is 2.21. The van der Waals surface area contributed by atoms with Gasteiger partial charge in [-0.3, -0.25) is 9.59 Å². The predicted molar refractivity (Wildman–Crippen MR) is 82.9 cm³/mol. The summed E-state index contributed by atoms with van der Waals surface area (Å²) in [7, 11) is 0. The van der Waals surface area contributed by atoms with E-state index in [1.165, 1.54) is 11.1 Å². The van der Waals surface area contributed by atoms with Crippen molar-refractivity contribution in [3.63, 3.8) is 0 Å². The second-order valence-electron chi connectivity index (χ2n) is 5.25. The molecular formula is C18H17NO3. The Bertz CT molecular complexity index is 679. The number of amides is 1. The normalized spacial score (nSPS) is 13.4. The van der Waals surface area contributed by atoms with Crippen molar-refractivity contribution < 1.29 is 14.3 Å². The highest BCUT2D eigenvalue weighted by molar-refractivity contribution is 5.94. The van der Waals surface area contributed by atoms with Gasteiger partial charge < -0.3 is 9.64 Å². The number of ether oxygens (including phenoxy) is 1. The number of aldehydes is 1. The number of rotatable bonds is 4. The summed E-state index contributed by atoms with van der Waals surface area (Å²) in [5, 5.41) is 0. The van der Waals surface area contributed by atoms with Gasteiger partial charge in [0.15, 0.2) is 6.29 Å². The molecular weight excluding hydrogens is 278 g/mol. The quantitative estimate of drug-likeness (QED) is 0.814. The van der Waals surface area contributed by atoms with Crippen molar-refractivity contribution in [2.75, 3.05) is 13.2 Å². The maximum absolute atomic E-state index is 12.6. The fourth-order valence-electron chi connectivity index (χ4n) is 2.68. The van der Waals surface area contributed by atoms with Crippen LogP contribution in [0.25, 0.3) is 0 Å². The number of fused-ring (bicyclic) bond motifs is 1. The van der Waals surface area contributed by atoms with Crippen LogP contribution in [0.3, 0.4) is 0 Å². The Hall–Kier alpha value is -2.62. The van der Waals surface area contributed by atoms with Crippen LogP contribution in [0.1, 0.15) is 21.5 Å². The molecule has 0 bridgehead atoms. The van der Waals surface area contributed by atoms with Crippen LogP contribution in [0.15, 0.2) is 48.5 Å². The van der Waals surface area contributed by atoms with Gasteiger partial charge in [-0.2, -0.15) is 0 Å². The van der Waals surface area contributed by atoms with E-state index >= 15 is 0 Å². The first-order valence-electron chi connectivity index (χ1n) is 7.30. The molecule has 1 amide bonds. The van der Waals surface area contributed by atoms with Crippen LogP contribution in [0, 0.1) is 0 Å². The number of hydrogen-bond donors (Lipinski definition) is 0. The van der Waals surface area contributed by atoms with Crippen molar-refractivity contribution in [2.45, 2.75) is 13.0 Å². The molecule has 4 nitrogen and oxygen atoms in total. The third-order valence-electron chi connectivity index (χ3n) is 3.84. The zero-order valence-corrected chi connectivity index (χ0v) is 12.2.